The first kappa shape index (κ1) is 20.3. The van der Waals surface area contributed by atoms with E-state index >= 15 is 0 Å². The summed E-state index contributed by atoms with van der Waals surface area (Å²) >= 11 is 6.27. The molecule has 0 N–H and O–H groups in total. The van der Waals surface area contributed by atoms with Gasteiger partial charge in [0.1, 0.15) is 5.82 Å². The number of para-hydroxylation sites is 1. The summed E-state index contributed by atoms with van der Waals surface area (Å²) < 4.78 is 24.6. The zero-order valence-corrected chi connectivity index (χ0v) is 17.7. The van der Waals surface area contributed by atoms with Crippen LogP contribution in [0.25, 0.3) is 10.9 Å². The van der Waals surface area contributed by atoms with Gasteiger partial charge in [-0.2, -0.15) is 0 Å². The molecule has 0 atom stereocenters. The molecule has 5 nitrogen and oxygen atoms in total. The molecule has 1 amide bonds. The number of pyridine rings is 1. The van der Waals surface area contributed by atoms with Crippen molar-refractivity contribution in [2.45, 2.75) is 13.1 Å². The molecule has 2 heterocycles. The van der Waals surface area contributed by atoms with Crippen molar-refractivity contribution in [1.82, 2.24) is 9.88 Å². The van der Waals surface area contributed by atoms with Crippen LogP contribution in [0, 0.1) is 5.82 Å². The maximum absolute atomic E-state index is 13.6. The summed E-state index contributed by atoms with van der Waals surface area (Å²) in [6, 6.07) is 18.9. The highest BCUT2D eigenvalue weighted by Crippen LogP contribution is 2.36. The first-order chi connectivity index (χ1) is 15.6. The summed E-state index contributed by atoms with van der Waals surface area (Å²) in [5.74, 6) is 0.655. The second-order valence-corrected chi connectivity index (χ2v) is 7.87. The third-order valence-corrected chi connectivity index (χ3v) is 5.70. The van der Waals surface area contributed by atoms with E-state index in [1.54, 1.807) is 23.2 Å². The highest BCUT2D eigenvalue weighted by molar-refractivity contribution is 6.31. The standard InChI is InChI=1S/C25H18ClFN2O3/c26-21-12-20(27)8-6-18(21)13-29(14-19-3-1-5-23-24(19)32-15-31-23)25(30)17-7-9-22-16(11-17)4-2-10-28-22/h1-12H,13-15H2. The van der Waals surface area contributed by atoms with E-state index in [4.69, 9.17) is 21.1 Å². The maximum Gasteiger partial charge on any atom is 0.254 e. The molecule has 1 aliphatic rings. The zero-order chi connectivity index (χ0) is 22.1. The Morgan fingerprint density at radius 2 is 1.88 bits per heavy atom. The first-order valence-electron chi connectivity index (χ1n) is 10.0. The number of benzene rings is 3. The minimum absolute atomic E-state index is 0.141. The second kappa shape index (κ2) is 8.48. The Bertz CT molecular complexity index is 1330. The van der Waals surface area contributed by atoms with Crippen LogP contribution in [0.1, 0.15) is 21.5 Å². The third kappa shape index (κ3) is 3.97. The summed E-state index contributed by atoms with van der Waals surface area (Å²) in [5, 5.41) is 1.14. The molecule has 0 saturated heterocycles. The van der Waals surface area contributed by atoms with E-state index in [1.165, 1.54) is 12.1 Å². The summed E-state index contributed by atoms with van der Waals surface area (Å²) in [5.41, 5.74) is 2.79. The predicted octanol–water partition coefficient (Wildman–Crippen LogP) is 5.60. The van der Waals surface area contributed by atoms with Gasteiger partial charge < -0.3 is 14.4 Å². The van der Waals surface area contributed by atoms with E-state index in [0.29, 0.717) is 22.6 Å². The molecular weight excluding hydrogens is 431 g/mol. The van der Waals surface area contributed by atoms with Gasteiger partial charge in [-0.15, -0.1) is 0 Å². The van der Waals surface area contributed by atoms with Crippen molar-refractivity contribution in [2.24, 2.45) is 0 Å². The van der Waals surface area contributed by atoms with Crippen LogP contribution in [-0.2, 0) is 13.1 Å². The van der Waals surface area contributed by atoms with Crippen molar-refractivity contribution in [1.29, 1.82) is 0 Å². The minimum Gasteiger partial charge on any atom is -0.454 e. The Morgan fingerprint density at radius 3 is 2.75 bits per heavy atom. The SMILES string of the molecule is O=C(c1ccc2ncccc2c1)N(Cc1ccc(F)cc1Cl)Cc1cccc2c1OCO2. The number of carbonyl (C=O) groups is 1. The molecule has 0 fully saturated rings. The predicted molar refractivity (Wildman–Crippen MR) is 119 cm³/mol. The van der Waals surface area contributed by atoms with Crippen LogP contribution in [0.3, 0.4) is 0 Å². The smallest absolute Gasteiger partial charge is 0.254 e. The highest BCUT2D eigenvalue weighted by atomic mass is 35.5. The van der Waals surface area contributed by atoms with Crippen molar-refractivity contribution in [3.8, 4) is 11.5 Å². The average molecular weight is 449 g/mol. The van der Waals surface area contributed by atoms with Crippen molar-refractivity contribution < 1.29 is 18.7 Å². The van der Waals surface area contributed by atoms with Gasteiger partial charge in [0.15, 0.2) is 11.5 Å². The number of carbonyl (C=O) groups excluding carboxylic acids is 1. The van der Waals surface area contributed by atoms with E-state index in [-0.39, 0.29) is 30.8 Å². The van der Waals surface area contributed by atoms with Crippen molar-refractivity contribution in [3.05, 3.63) is 100 Å². The molecule has 32 heavy (non-hydrogen) atoms. The molecule has 5 rings (SSSR count). The fourth-order valence-electron chi connectivity index (χ4n) is 3.77. The monoisotopic (exact) mass is 448 g/mol. The van der Waals surface area contributed by atoms with Gasteiger partial charge in [-0.05, 0) is 48.0 Å². The van der Waals surface area contributed by atoms with Gasteiger partial charge in [-0.25, -0.2) is 4.39 Å². The lowest BCUT2D eigenvalue weighted by Gasteiger charge is -2.24. The Morgan fingerprint density at radius 1 is 1.00 bits per heavy atom. The number of hydrogen-bond acceptors (Lipinski definition) is 4. The van der Waals surface area contributed by atoms with Crippen molar-refractivity contribution in [2.75, 3.05) is 6.79 Å². The summed E-state index contributed by atoms with van der Waals surface area (Å²) in [6.45, 7) is 0.611. The van der Waals surface area contributed by atoms with E-state index in [2.05, 4.69) is 4.98 Å². The average Bonchev–Trinajstić information content (AvgIpc) is 3.29. The highest BCUT2D eigenvalue weighted by Gasteiger charge is 2.23. The Labute approximate surface area is 189 Å². The summed E-state index contributed by atoms with van der Waals surface area (Å²) in [6.07, 6.45) is 1.71. The quantitative estimate of drug-likeness (QED) is 0.399. The summed E-state index contributed by atoms with van der Waals surface area (Å²) in [7, 11) is 0. The van der Waals surface area contributed by atoms with Gasteiger partial charge in [0.25, 0.3) is 5.91 Å². The molecule has 1 aliphatic heterocycles. The molecule has 0 aliphatic carbocycles. The molecule has 3 aromatic carbocycles. The lowest BCUT2D eigenvalue weighted by atomic mass is 10.1. The molecule has 0 unspecified atom stereocenters. The van der Waals surface area contributed by atoms with Crippen LogP contribution in [0.2, 0.25) is 5.02 Å². The van der Waals surface area contributed by atoms with Gasteiger partial charge in [0, 0.05) is 34.3 Å². The van der Waals surface area contributed by atoms with E-state index in [9.17, 15) is 9.18 Å². The van der Waals surface area contributed by atoms with Crippen LogP contribution in [-0.4, -0.2) is 22.6 Å². The molecular formula is C25H18ClFN2O3. The fourth-order valence-corrected chi connectivity index (χ4v) is 3.99. The molecule has 7 heteroatoms. The van der Waals surface area contributed by atoms with E-state index < -0.39 is 5.82 Å². The van der Waals surface area contributed by atoms with Crippen molar-refractivity contribution in [3.63, 3.8) is 0 Å². The fraction of sp³-hybridized carbons (Fsp3) is 0.120. The zero-order valence-electron chi connectivity index (χ0n) is 16.9. The number of ether oxygens (including phenoxy) is 2. The second-order valence-electron chi connectivity index (χ2n) is 7.46. The van der Waals surface area contributed by atoms with Crippen LogP contribution >= 0.6 is 11.6 Å². The number of aromatic nitrogens is 1. The Balaban J connectivity index is 1.52. The van der Waals surface area contributed by atoms with Gasteiger partial charge in [-0.1, -0.05) is 35.9 Å². The molecule has 0 radical (unpaired) electrons. The molecule has 0 bridgehead atoms. The minimum atomic E-state index is -0.426. The largest absolute Gasteiger partial charge is 0.454 e. The normalized spacial score (nSPS) is 12.2. The molecule has 160 valence electrons. The number of amides is 1. The Kier molecular flexibility index (Phi) is 5.37. The lowest BCUT2D eigenvalue weighted by Crippen LogP contribution is -2.30. The molecule has 0 spiro atoms. The lowest BCUT2D eigenvalue weighted by molar-refractivity contribution is 0.0728. The number of nitrogens with zero attached hydrogens (tertiary/aromatic N) is 2. The maximum atomic E-state index is 13.6. The van der Waals surface area contributed by atoms with E-state index in [0.717, 1.165) is 16.5 Å². The number of hydrogen-bond donors (Lipinski definition) is 0. The van der Waals surface area contributed by atoms with Crippen molar-refractivity contribution >= 4 is 28.4 Å². The third-order valence-electron chi connectivity index (χ3n) is 5.35. The molecule has 1 aromatic heterocycles. The number of rotatable bonds is 5. The number of fused-ring (bicyclic) bond motifs is 2. The van der Waals surface area contributed by atoms with Crippen LogP contribution in [0.15, 0.2) is 72.9 Å². The van der Waals surface area contributed by atoms with Gasteiger partial charge in [0.05, 0.1) is 12.1 Å². The summed E-state index contributed by atoms with van der Waals surface area (Å²) in [4.78, 5) is 19.6. The molecule has 0 saturated carbocycles. The van der Waals surface area contributed by atoms with Crippen LogP contribution in [0.5, 0.6) is 11.5 Å². The van der Waals surface area contributed by atoms with Gasteiger partial charge in [-0.3, -0.25) is 9.78 Å². The van der Waals surface area contributed by atoms with Crippen LogP contribution < -0.4 is 9.47 Å². The Hall–Kier alpha value is -3.64. The van der Waals surface area contributed by atoms with Crippen LogP contribution in [0.4, 0.5) is 4.39 Å². The first-order valence-corrected chi connectivity index (χ1v) is 10.4. The number of halogens is 2. The van der Waals surface area contributed by atoms with E-state index in [1.807, 2.05) is 42.5 Å². The molecule has 4 aromatic rings. The van der Waals surface area contributed by atoms with Gasteiger partial charge in [0.2, 0.25) is 6.79 Å². The van der Waals surface area contributed by atoms with Gasteiger partial charge >= 0.3 is 0 Å². The topological polar surface area (TPSA) is 51.7 Å².